The van der Waals surface area contributed by atoms with Crippen molar-refractivity contribution in [2.45, 2.75) is 13.8 Å². The van der Waals surface area contributed by atoms with E-state index in [4.69, 9.17) is 0 Å². The van der Waals surface area contributed by atoms with E-state index in [1.165, 1.54) is 48.0 Å². The van der Waals surface area contributed by atoms with Crippen LogP contribution >= 0.6 is 11.3 Å². The third-order valence-corrected chi connectivity index (χ3v) is 6.59. The molecule has 3 aromatic carbocycles. The van der Waals surface area contributed by atoms with Crippen LogP contribution in [-0.4, -0.2) is 11.3 Å². The van der Waals surface area contributed by atoms with Gasteiger partial charge >= 0.3 is 0 Å². The van der Waals surface area contributed by atoms with Gasteiger partial charge in [0.05, 0.1) is 6.72 Å². The molecule has 0 saturated carbocycles. The molecule has 0 amide bonds. The Labute approximate surface area is 169 Å². The molecule has 1 aromatic heterocycles. The molecule has 0 aliphatic carbocycles. The van der Waals surface area contributed by atoms with E-state index in [1.807, 2.05) is 22.1 Å². The van der Waals surface area contributed by atoms with Crippen LogP contribution in [-0.2, 0) is 0 Å². The highest BCUT2D eigenvalue weighted by atomic mass is 32.1. The summed E-state index contributed by atoms with van der Waals surface area (Å²) in [7, 11) is 0. The molecule has 0 saturated heterocycles. The Morgan fingerprint density at radius 1 is 0.929 bits per heavy atom. The number of allylic oxidation sites excluding steroid dienone is 2. The van der Waals surface area contributed by atoms with Crippen molar-refractivity contribution in [3.63, 3.8) is 0 Å². The molecule has 0 bridgehead atoms. The molecule has 2 heteroatoms. The van der Waals surface area contributed by atoms with Gasteiger partial charge in [0.15, 0.2) is 15.4 Å². The van der Waals surface area contributed by atoms with Crippen LogP contribution in [0.3, 0.4) is 0 Å². The van der Waals surface area contributed by atoms with Crippen LogP contribution in [0.4, 0.5) is 0 Å². The second-order valence-corrected chi connectivity index (χ2v) is 8.42. The lowest BCUT2D eigenvalue weighted by molar-refractivity contribution is -0.417. The lowest BCUT2D eigenvalue weighted by Crippen LogP contribution is -2.15. The number of aryl methyl sites for hydroxylation is 1. The van der Waals surface area contributed by atoms with Crippen LogP contribution in [0.1, 0.15) is 18.1 Å². The number of hydrogen-bond acceptors (Lipinski definition) is 0. The first-order chi connectivity index (χ1) is 13.6. The monoisotopic (exact) mass is 379 g/mol. The third-order valence-electron chi connectivity index (χ3n) is 5.40. The summed E-state index contributed by atoms with van der Waals surface area (Å²) >= 11 is 1.88. The molecule has 2 heterocycles. The second kappa shape index (κ2) is 6.50. The summed E-state index contributed by atoms with van der Waals surface area (Å²) in [6.45, 7) is 8.54. The molecule has 1 nitrogen and oxygen atoms in total. The van der Waals surface area contributed by atoms with Crippen molar-refractivity contribution >= 4 is 38.2 Å². The van der Waals surface area contributed by atoms with Gasteiger partial charge in [-0.2, -0.15) is 0 Å². The van der Waals surface area contributed by atoms with Crippen molar-refractivity contribution in [1.29, 1.82) is 0 Å². The fourth-order valence-corrected chi connectivity index (χ4v) is 5.27. The van der Waals surface area contributed by atoms with Crippen molar-refractivity contribution in [3.05, 3.63) is 102 Å². The van der Waals surface area contributed by atoms with Gasteiger partial charge in [0.25, 0.3) is 0 Å². The molecular formula is C26H21NS. The molecule has 0 N–H and O–H groups in total. The first kappa shape index (κ1) is 17.0. The molecule has 0 spiro atoms. The van der Waals surface area contributed by atoms with Gasteiger partial charge in [-0.25, -0.2) is 0 Å². The van der Waals surface area contributed by atoms with Crippen molar-refractivity contribution in [2.24, 2.45) is 0 Å². The van der Waals surface area contributed by atoms with Crippen LogP contribution in [0.25, 0.3) is 31.3 Å². The fraction of sp³-hybridized carbons (Fsp3) is 0.0769. The lowest BCUT2D eigenvalue weighted by atomic mass is 9.95. The maximum Gasteiger partial charge on any atom is 0.159 e. The zero-order valence-corrected chi connectivity index (χ0v) is 16.9. The molecule has 0 radical (unpaired) electrons. The number of nitrogens with zero attached hydrogens (tertiary/aromatic N) is 1. The highest BCUT2D eigenvalue weighted by molar-refractivity contribution is 7.26. The summed E-state index contributed by atoms with van der Waals surface area (Å²) < 4.78 is 4.64. The van der Waals surface area contributed by atoms with E-state index in [0.29, 0.717) is 0 Å². The van der Waals surface area contributed by atoms with E-state index in [-0.39, 0.29) is 0 Å². The summed E-state index contributed by atoms with van der Waals surface area (Å²) in [5.74, 6) is 0. The molecule has 136 valence electrons. The Morgan fingerprint density at radius 3 is 2.57 bits per heavy atom. The van der Waals surface area contributed by atoms with E-state index in [0.717, 1.165) is 6.04 Å². The summed E-state index contributed by atoms with van der Waals surface area (Å²) in [4.78, 5) is 0. The Morgan fingerprint density at radius 2 is 1.75 bits per heavy atom. The van der Waals surface area contributed by atoms with E-state index in [1.54, 1.807) is 0 Å². The first-order valence-electron chi connectivity index (χ1n) is 9.47. The molecule has 0 unspecified atom stereocenters. The zero-order valence-electron chi connectivity index (χ0n) is 16.1. The van der Waals surface area contributed by atoms with E-state index < -0.39 is 0 Å². The summed E-state index contributed by atoms with van der Waals surface area (Å²) in [6, 6.07) is 23.1. The lowest BCUT2D eigenvalue weighted by Gasteiger charge is -2.19. The predicted molar refractivity (Wildman–Crippen MR) is 122 cm³/mol. The standard InChI is InChI=1S/C26H21NS/c1-17-13-14-27(3)23(15-17)25-18(2)9-11-22-21-12-10-20(16-24(21)28-26(22)25)19-7-5-4-6-8-19/h4-16H,3H2,1-2H3. The minimum absolute atomic E-state index is 1.16. The van der Waals surface area contributed by atoms with Gasteiger partial charge in [-0.15, -0.1) is 12.1 Å². The van der Waals surface area contributed by atoms with E-state index in [9.17, 15) is 0 Å². The van der Waals surface area contributed by atoms with Crippen LogP contribution in [0, 0.1) is 13.0 Å². The van der Waals surface area contributed by atoms with Crippen molar-refractivity contribution in [1.82, 2.24) is 0 Å². The maximum absolute atomic E-state index is 4.21. The Bertz CT molecular complexity index is 1290. The average molecular weight is 380 g/mol. The number of hydrogen-bond donors (Lipinski definition) is 0. The Balaban J connectivity index is 1.75. The summed E-state index contributed by atoms with van der Waals surface area (Å²) in [5.41, 5.74) is 6.34. The zero-order chi connectivity index (χ0) is 19.3. The average Bonchev–Trinajstić information content (AvgIpc) is 3.08. The number of benzene rings is 3. The molecule has 1 aliphatic rings. The third kappa shape index (κ3) is 2.69. The SMILES string of the molecule is C=[N+]1C=CC(C)=C[C-]1c1c(C)ccc2c1[s+][c-]1cc(-c3ccccc3)ccc21. The minimum Gasteiger partial charge on any atom is -0.255 e. The fourth-order valence-electron chi connectivity index (χ4n) is 3.92. The Hall–Kier alpha value is -3.10. The van der Waals surface area contributed by atoms with Crippen molar-refractivity contribution in [3.8, 4) is 11.1 Å². The molecule has 1 aliphatic heterocycles. The number of rotatable bonds is 2. The molecule has 4 aromatic rings. The molecular weight excluding hydrogens is 358 g/mol. The predicted octanol–water partition coefficient (Wildman–Crippen LogP) is 7.10. The second-order valence-electron chi connectivity index (χ2n) is 7.37. The molecule has 0 atom stereocenters. The van der Waals surface area contributed by atoms with E-state index >= 15 is 0 Å². The van der Waals surface area contributed by atoms with Gasteiger partial charge in [0.1, 0.15) is 17.5 Å². The van der Waals surface area contributed by atoms with Crippen molar-refractivity contribution in [2.75, 3.05) is 0 Å². The molecule has 5 rings (SSSR count). The normalized spacial score (nSPS) is 14.1. The Kier molecular flexibility index (Phi) is 3.96. The van der Waals surface area contributed by atoms with Gasteiger partial charge in [-0.3, -0.25) is 4.58 Å². The van der Waals surface area contributed by atoms with Gasteiger partial charge in [-0.05, 0) is 11.5 Å². The molecule has 0 fully saturated rings. The van der Waals surface area contributed by atoms with E-state index in [2.05, 4.69) is 93.4 Å². The largest absolute Gasteiger partial charge is 0.255 e. The quantitative estimate of drug-likeness (QED) is 0.199. The smallest absolute Gasteiger partial charge is 0.159 e. The summed E-state index contributed by atoms with van der Waals surface area (Å²) in [5, 5.41) is 2.64. The van der Waals surface area contributed by atoms with Gasteiger partial charge < -0.3 is 0 Å². The highest BCUT2D eigenvalue weighted by Gasteiger charge is 2.24. The summed E-state index contributed by atoms with van der Waals surface area (Å²) in [6.07, 6.45) is 6.38. The van der Waals surface area contributed by atoms with Crippen molar-refractivity contribution < 1.29 is 4.58 Å². The minimum atomic E-state index is 1.16. The topological polar surface area (TPSA) is 3.01 Å². The highest BCUT2D eigenvalue weighted by Crippen LogP contribution is 2.42. The first-order valence-corrected chi connectivity index (χ1v) is 10.3. The number of thiophene rings is 1. The maximum atomic E-state index is 4.21. The van der Waals surface area contributed by atoms with Gasteiger partial charge in [-0.1, -0.05) is 96.1 Å². The van der Waals surface area contributed by atoms with Crippen LogP contribution in [0.5, 0.6) is 0 Å². The van der Waals surface area contributed by atoms with Gasteiger partial charge in [0.2, 0.25) is 0 Å². The van der Waals surface area contributed by atoms with Crippen LogP contribution < -0.4 is 0 Å². The molecule has 28 heavy (non-hydrogen) atoms. The van der Waals surface area contributed by atoms with Gasteiger partial charge in [0, 0.05) is 5.56 Å². The number of fused-ring (bicyclic) bond motifs is 3. The van der Waals surface area contributed by atoms with Crippen LogP contribution in [0.15, 0.2) is 84.6 Å². The van der Waals surface area contributed by atoms with Crippen LogP contribution in [0.2, 0.25) is 0 Å².